The van der Waals surface area contributed by atoms with Gasteiger partial charge in [-0.1, -0.05) is 37.6 Å². The number of hydrogen-bond acceptors (Lipinski definition) is 5. The van der Waals surface area contributed by atoms with Crippen LogP contribution in [-0.4, -0.2) is 42.5 Å². The van der Waals surface area contributed by atoms with E-state index >= 15 is 0 Å². The molecule has 234 valence electrons. The summed E-state index contributed by atoms with van der Waals surface area (Å²) in [7, 11) is 0. The summed E-state index contributed by atoms with van der Waals surface area (Å²) in [5, 5.41) is 0. The standard InChI is InChI=1S/C39H51N3O2/c1-6-8-13-35(28-41-30(5)32-14-9-12-31(17-18-32)25-29(3)4)34-19-20-36-27-40-22-21-38(37(36)26-34)42-23-10-15-33(16-11-24-42)39(43)44-7-2/h6,12-13,15,19,21-22,26-29,32H,7,9-11,14,16-18,20,23-25H2,1-5H3/b33-15-,35-28+,41-30+. The summed E-state index contributed by atoms with van der Waals surface area (Å²) in [6.45, 7) is 12.8. The lowest BCUT2D eigenvalue weighted by Crippen LogP contribution is -2.29. The van der Waals surface area contributed by atoms with Crippen molar-refractivity contribution in [3.8, 4) is 0 Å². The summed E-state index contributed by atoms with van der Waals surface area (Å²) in [6.07, 6.45) is 30.4. The van der Waals surface area contributed by atoms with Gasteiger partial charge in [0, 0.05) is 59.8 Å². The number of ether oxygens (including phenoxy) is 1. The number of carbonyl (C=O) groups excluding carboxylic acids is 1. The van der Waals surface area contributed by atoms with Crippen LogP contribution in [0.1, 0.15) is 92.4 Å². The zero-order chi connectivity index (χ0) is 31.3. The molecule has 5 heteroatoms. The normalized spacial score (nSPS) is 22.7. The summed E-state index contributed by atoms with van der Waals surface area (Å²) in [5.41, 5.74) is 12.8. The topological polar surface area (TPSA) is 54.3 Å². The monoisotopic (exact) mass is 593 g/mol. The molecule has 5 nitrogen and oxygen atoms in total. The third-order valence-electron chi connectivity index (χ3n) is 8.72. The minimum atomic E-state index is -0.172. The van der Waals surface area contributed by atoms with Gasteiger partial charge < -0.3 is 9.64 Å². The average Bonchev–Trinajstić information content (AvgIpc) is 3.35. The summed E-state index contributed by atoms with van der Waals surface area (Å²) in [4.78, 5) is 24.4. The van der Waals surface area contributed by atoms with E-state index in [1.54, 1.807) is 5.57 Å². The number of hydrogen-bond donors (Lipinski definition) is 0. The number of carbonyl (C=O) groups is 1. The van der Waals surface area contributed by atoms with Crippen LogP contribution in [0, 0.1) is 11.8 Å². The Hall–Kier alpha value is -3.69. The molecular weight excluding hydrogens is 542 g/mol. The largest absolute Gasteiger partial charge is 0.463 e. The van der Waals surface area contributed by atoms with Gasteiger partial charge >= 0.3 is 5.97 Å². The van der Waals surface area contributed by atoms with Crippen LogP contribution in [0.15, 0.2) is 110 Å². The van der Waals surface area contributed by atoms with E-state index < -0.39 is 0 Å². The second kappa shape index (κ2) is 17.0. The average molecular weight is 594 g/mol. The molecule has 0 saturated heterocycles. The zero-order valence-electron chi connectivity index (χ0n) is 27.6. The van der Waals surface area contributed by atoms with Gasteiger partial charge in [0.1, 0.15) is 0 Å². The Kier molecular flexibility index (Phi) is 12.8. The minimum Gasteiger partial charge on any atom is -0.463 e. The molecule has 1 unspecified atom stereocenters. The van der Waals surface area contributed by atoms with Crippen LogP contribution >= 0.6 is 0 Å². The molecule has 2 heterocycles. The molecule has 0 saturated carbocycles. The highest BCUT2D eigenvalue weighted by atomic mass is 16.5. The number of esters is 1. The van der Waals surface area contributed by atoms with Crippen LogP contribution < -0.4 is 0 Å². The van der Waals surface area contributed by atoms with Crippen molar-refractivity contribution in [3.63, 3.8) is 0 Å². The van der Waals surface area contributed by atoms with Crippen molar-refractivity contribution < 1.29 is 9.53 Å². The maximum absolute atomic E-state index is 12.3. The van der Waals surface area contributed by atoms with Gasteiger partial charge in [-0.2, -0.15) is 0 Å². The first kappa shape index (κ1) is 33.2. The second-order valence-corrected chi connectivity index (χ2v) is 12.5. The van der Waals surface area contributed by atoms with Crippen molar-refractivity contribution in [1.82, 2.24) is 4.90 Å². The molecule has 4 aliphatic rings. The zero-order valence-corrected chi connectivity index (χ0v) is 27.6. The van der Waals surface area contributed by atoms with Gasteiger partial charge in [0.25, 0.3) is 0 Å². The lowest BCUT2D eigenvalue weighted by Gasteiger charge is -2.31. The maximum Gasteiger partial charge on any atom is 0.333 e. The van der Waals surface area contributed by atoms with Crippen LogP contribution in [-0.2, 0) is 9.53 Å². The Morgan fingerprint density at radius 2 is 2.05 bits per heavy atom. The van der Waals surface area contributed by atoms with Crippen LogP contribution in [0.3, 0.4) is 0 Å². The molecule has 0 aromatic rings. The van der Waals surface area contributed by atoms with Gasteiger partial charge in [-0.3, -0.25) is 9.98 Å². The van der Waals surface area contributed by atoms with Gasteiger partial charge in [-0.05, 0) is 126 Å². The van der Waals surface area contributed by atoms with Crippen molar-refractivity contribution in [2.45, 2.75) is 92.4 Å². The molecular formula is C39H51N3O2. The van der Waals surface area contributed by atoms with Crippen molar-refractivity contribution in [2.75, 3.05) is 19.7 Å². The lowest BCUT2D eigenvalue weighted by molar-refractivity contribution is -0.138. The minimum absolute atomic E-state index is 0.172. The first-order valence-electron chi connectivity index (χ1n) is 16.7. The van der Waals surface area contributed by atoms with Crippen molar-refractivity contribution in [1.29, 1.82) is 0 Å². The fourth-order valence-electron chi connectivity index (χ4n) is 6.40. The van der Waals surface area contributed by atoms with Crippen LogP contribution in [0.25, 0.3) is 0 Å². The van der Waals surface area contributed by atoms with Crippen molar-refractivity contribution in [2.24, 2.45) is 21.8 Å². The summed E-state index contributed by atoms with van der Waals surface area (Å²) < 4.78 is 5.26. The van der Waals surface area contributed by atoms with Gasteiger partial charge in [0.15, 0.2) is 0 Å². The molecule has 0 aromatic heterocycles. The molecule has 44 heavy (non-hydrogen) atoms. The molecule has 0 N–H and O–H groups in total. The van der Waals surface area contributed by atoms with E-state index in [1.807, 2.05) is 38.5 Å². The van der Waals surface area contributed by atoms with Crippen LogP contribution in [0.2, 0.25) is 0 Å². The second-order valence-electron chi connectivity index (χ2n) is 12.5. The third kappa shape index (κ3) is 9.40. The summed E-state index contributed by atoms with van der Waals surface area (Å²) >= 11 is 0. The lowest BCUT2D eigenvalue weighted by atomic mass is 9.88. The molecule has 1 atom stereocenters. The third-order valence-corrected chi connectivity index (χ3v) is 8.72. The summed E-state index contributed by atoms with van der Waals surface area (Å²) in [6, 6.07) is 0. The molecule has 2 aliphatic carbocycles. The molecule has 0 bridgehead atoms. The fourth-order valence-corrected chi connectivity index (χ4v) is 6.40. The smallest absolute Gasteiger partial charge is 0.333 e. The molecule has 2 aliphatic heterocycles. The highest BCUT2D eigenvalue weighted by Gasteiger charge is 2.23. The maximum atomic E-state index is 12.3. The van der Waals surface area contributed by atoms with Gasteiger partial charge in [-0.25, -0.2) is 4.79 Å². The number of fused-ring (bicyclic) bond motifs is 1. The van der Waals surface area contributed by atoms with E-state index in [9.17, 15) is 4.79 Å². The van der Waals surface area contributed by atoms with Gasteiger partial charge in [0.05, 0.1) is 6.61 Å². The Morgan fingerprint density at radius 3 is 2.84 bits per heavy atom. The van der Waals surface area contributed by atoms with Crippen LogP contribution in [0.5, 0.6) is 0 Å². The van der Waals surface area contributed by atoms with Crippen LogP contribution in [0.4, 0.5) is 0 Å². The number of allylic oxidation sites excluding steroid dienone is 9. The predicted molar refractivity (Wildman–Crippen MR) is 185 cm³/mol. The first-order chi connectivity index (χ1) is 21.4. The Bertz CT molecular complexity index is 1400. The number of nitrogens with zero attached hydrogens (tertiary/aromatic N) is 3. The molecule has 0 radical (unpaired) electrons. The predicted octanol–water partition coefficient (Wildman–Crippen LogP) is 9.31. The van der Waals surface area contributed by atoms with E-state index in [4.69, 9.17) is 9.73 Å². The molecule has 0 aromatic carbocycles. The van der Waals surface area contributed by atoms with E-state index in [0.29, 0.717) is 18.4 Å². The van der Waals surface area contributed by atoms with Crippen molar-refractivity contribution >= 4 is 17.9 Å². The number of rotatable bonds is 9. The quantitative estimate of drug-likeness (QED) is 0.0880. The van der Waals surface area contributed by atoms with Gasteiger partial charge in [-0.15, -0.1) is 5.73 Å². The number of aliphatic imine (C=N–C) groups is 2. The fraction of sp³-hybridized carbons (Fsp3) is 0.487. The van der Waals surface area contributed by atoms with E-state index in [2.05, 4.69) is 72.9 Å². The highest BCUT2D eigenvalue weighted by molar-refractivity contribution is 5.88. The molecule has 0 fully saturated rings. The van der Waals surface area contributed by atoms with E-state index in [1.165, 1.54) is 48.2 Å². The molecule has 0 spiro atoms. The van der Waals surface area contributed by atoms with E-state index in [0.717, 1.165) is 61.9 Å². The summed E-state index contributed by atoms with van der Waals surface area (Å²) in [5.74, 6) is 1.06. The molecule has 4 rings (SSSR count). The Labute approximate surface area is 265 Å². The Balaban J connectivity index is 1.55. The first-order valence-corrected chi connectivity index (χ1v) is 16.7. The van der Waals surface area contributed by atoms with Crippen molar-refractivity contribution in [3.05, 3.63) is 99.8 Å². The SMILES string of the molecule is CC=C=C/C(=C\N=C(/C)C1CCC=C(CC(C)C)CC1)C1=CCC2=CN=CC=C(N3CC/C=C(\C(=O)OCC)CCC3)C2=C1. The Morgan fingerprint density at radius 1 is 1.18 bits per heavy atom. The highest BCUT2D eigenvalue weighted by Crippen LogP contribution is 2.35. The van der Waals surface area contributed by atoms with Gasteiger partial charge in [0.2, 0.25) is 0 Å². The molecule has 0 amide bonds. The van der Waals surface area contributed by atoms with E-state index in [-0.39, 0.29) is 5.97 Å².